The van der Waals surface area contributed by atoms with Gasteiger partial charge in [-0.25, -0.2) is 9.78 Å². The van der Waals surface area contributed by atoms with Gasteiger partial charge in [-0.3, -0.25) is 10.4 Å². The summed E-state index contributed by atoms with van der Waals surface area (Å²) in [4.78, 5) is 16.0. The van der Waals surface area contributed by atoms with Gasteiger partial charge in [0.25, 0.3) is 0 Å². The van der Waals surface area contributed by atoms with Crippen molar-refractivity contribution in [3.63, 3.8) is 0 Å². The Labute approximate surface area is 207 Å². The van der Waals surface area contributed by atoms with Crippen LogP contribution in [0.15, 0.2) is 72.7 Å². The van der Waals surface area contributed by atoms with Crippen LogP contribution in [0.25, 0.3) is 0 Å². The Morgan fingerprint density at radius 1 is 1.20 bits per heavy atom. The monoisotopic (exact) mass is 496 g/mol. The van der Waals surface area contributed by atoms with Crippen LogP contribution in [0.5, 0.6) is 0 Å². The van der Waals surface area contributed by atoms with Crippen molar-refractivity contribution in [2.24, 2.45) is 5.92 Å². The number of aliphatic hydroxyl groups is 1. The number of hydrogen-bond donors (Lipinski definition) is 3. The molecule has 2 heterocycles. The molecule has 35 heavy (non-hydrogen) atoms. The number of benzene rings is 2. The number of rotatable bonds is 9. The molecular formula is C25H28N4O5S. The van der Waals surface area contributed by atoms with Crippen LogP contribution in [0.1, 0.15) is 36.0 Å². The van der Waals surface area contributed by atoms with Gasteiger partial charge in [0.05, 0.1) is 18.8 Å². The van der Waals surface area contributed by atoms with Crippen LogP contribution >= 0.6 is 11.8 Å². The predicted molar refractivity (Wildman–Crippen MR) is 132 cm³/mol. The number of H-pyrrole nitrogens is 1. The van der Waals surface area contributed by atoms with E-state index in [1.807, 2.05) is 36.4 Å². The predicted octanol–water partition coefficient (Wildman–Crippen LogP) is 4.62. The van der Waals surface area contributed by atoms with Gasteiger partial charge < -0.3 is 19.3 Å². The molecule has 0 bridgehead atoms. The molecule has 1 saturated heterocycles. The summed E-state index contributed by atoms with van der Waals surface area (Å²) in [6.07, 6.45) is 1.50. The zero-order valence-corrected chi connectivity index (χ0v) is 20.1. The van der Waals surface area contributed by atoms with Gasteiger partial charge >= 0.3 is 6.09 Å². The summed E-state index contributed by atoms with van der Waals surface area (Å²) in [5.74, 6) is 0.721. The number of nitrogens with zero attached hydrogens (tertiary/aromatic N) is 2. The normalized spacial score (nSPS) is 21.9. The summed E-state index contributed by atoms with van der Waals surface area (Å²) in [5, 5.41) is 19.6. The van der Waals surface area contributed by atoms with Crippen molar-refractivity contribution < 1.29 is 24.1 Å². The first kappa shape index (κ1) is 24.9. The van der Waals surface area contributed by atoms with Crippen LogP contribution in [0.4, 0.5) is 10.5 Å². The summed E-state index contributed by atoms with van der Waals surface area (Å²) in [7, 11) is 0. The average Bonchev–Trinajstić information content (AvgIpc) is 3.41. The maximum absolute atomic E-state index is 11.8. The molecule has 4 rings (SSSR count). The minimum Gasteiger partial charge on any atom is -0.445 e. The van der Waals surface area contributed by atoms with Crippen molar-refractivity contribution in [3.8, 4) is 0 Å². The Hall–Kier alpha value is -3.18. The van der Waals surface area contributed by atoms with Gasteiger partial charge in [0, 0.05) is 22.9 Å². The van der Waals surface area contributed by atoms with Gasteiger partial charge in [-0.05, 0) is 23.3 Å². The molecule has 2 aromatic carbocycles. The number of ether oxygens (including phenoxy) is 3. The molecule has 1 aromatic heterocycles. The summed E-state index contributed by atoms with van der Waals surface area (Å²) in [6, 6.07) is 15.0. The molecule has 184 valence electrons. The van der Waals surface area contributed by atoms with E-state index in [0.29, 0.717) is 11.4 Å². The van der Waals surface area contributed by atoms with E-state index in [4.69, 9.17) is 14.2 Å². The molecular weight excluding hydrogens is 468 g/mol. The average molecular weight is 497 g/mol. The molecule has 3 N–H and O–H groups in total. The lowest BCUT2D eigenvalue weighted by Crippen LogP contribution is -2.38. The number of aromatic nitrogens is 3. The quantitative estimate of drug-likeness (QED) is 0.290. The second-order valence-electron chi connectivity index (χ2n) is 8.06. The summed E-state index contributed by atoms with van der Waals surface area (Å²) in [5.41, 5.74) is 3.28. The van der Waals surface area contributed by atoms with Crippen LogP contribution in [-0.2, 0) is 20.8 Å². The molecule has 1 aliphatic heterocycles. The lowest BCUT2D eigenvalue weighted by Gasteiger charge is -2.41. The van der Waals surface area contributed by atoms with E-state index in [1.165, 1.54) is 12.4 Å². The summed E-state index contributed by atoms with van der Waals surface area (Å²) in [6.45, 7) is 5.76. The fourth-order valence-corrected chi connectivity index (χ4v) is 4.69. The highest BCUT2D eigenvalue weighted by molar-refractivity contribution is 7.99. The smallest absolute Gasteiger partial charge is 0.411 e. The molecule has 0 saturated carbocycles. The van der Waals surface area contributed by atoms with Crippen LogP contribution in [0.2, 0.25) is 0 Å². The molecule has 1 aliphatic rings. The van der Waals surface area contributed by atoms with Gasteiger partial charge in [0.1, 0.15) is 12.9 Å². The second kappa shape index (κ2) is 12.0. The number of aromatic amines is 1. The zero-order valence-electron chi connectivity index (χ0n) is 19.3. The lowest BCUT2D eigenvalue weighted by atomic mass is 9.91. The van der Waals surface area contributed by atoms with Crippen LogP contribution in [-0.4, -0.2) is 44.8 Å². The lowest BCUT2D eigenvalue weighted by molar-refractivity contribution is -0.268. The number of nitrogens with one attached hydrogen (secondary N) is 2. The van der Waals surface area contributed by atoms with Crippen molar-refractivity contribution in [2.75, 3.05) is 17.7 Å². The minimum atomic E-state index is -0.601. The Morgan fingerprint density at radius 3 is 2.60 bits per heavy atom. The van der Waals surface area contributed by atoms with Crippen molar-refractivity contribution in [3.05, 3.63) is 84.2 Å². The number of carbonyl (C=O) groups is 1. The fourth-order valence-electron chi connectivity index (χ4n) is 3.75. The number of aliphatic hydroxyl groups excluding tert-OH is 1. The molecule has 0 aliphatic carbocycles. The standard InChI is InChI=1S/C25H28N4O5S/c1-3-12-32-25(31)28-20-10-8-19(9-11-20)23-33-21(14-35-24-26-15-27-29-24)16(2)22(34-23)18-6-4-17(13-30)5-7-18/h3-11,15-16,21-23,30H,1,12-14H2,2H3,(H,28,31)(H,26,27,29)/t16-,21+,22+,23+/m1/s1. The van der Waals surface area contributed by atoms with Gasteiger partial charge in [-0.2, -0.15) is 5.10 Å². The molecule has 1 fully saturated rings. The van der Waals surface area contributed by atoms with Crippen molar-refractivity contribution in [2.45, 2.75) is 37.2 Å². The molecule has 1 amide bonds. The highest BCUT2D eigenvalue weighted by atomic mass is 32.2. The van der Waals surface area contributed by atoms with E-state index in [9.17, 15) is 9.90 Å². The zero-order chi connectivity index (χ0) is 24.6. The maximum Gasteiger partial charge on any atom is 0.411 e. The van der Waals surface area contributed by atoms with E-state index in [2.05, 4.69) is 34.0 Å². The largest absolute Gasteiger partial charge is 0.445 e. The molecule has 0 spiro atoms. The molecule has 4 atom stereocenters. The van der Waals surface area contributed by atoms with Gasteiger partial charge in [-0.15, -0.1) is 0 Å². The third-order valence-corrected chi connectivity index (χ3v) is 6.63. The number of anilines is 1. The Balaban J connectivity index is 1.51. The highest BCUT2D eigenvalue weighted by Gasteiger charge is 2.38. The third kappa shape index (κ3) is 6.49. The van der Waals surface area contributed by atoms with E-state index in [0.717, 1.165) is 21.8 Å². The SMILES string of the molecule is C=CCOC(=O)Nc1ccc([C@H]2O[C@@H](CSc3ncn[nH]3)[C@@H](C)[C@@H](c3ccc(CO)cc3)O2)cc1. The number of thioether (sulfide) groups is 1. The first-order valence-corrected chi connectivity index (χ1v) is 12.2. The number of amides is 1. The second-order valence-corrected chi connectivity index (χ2v) is 9.07. The van der Waals surface area contributed by atoms with Gasteiger partial charge in [0.2, 0.25) is 0 Å². The fraction of sp³-hybridized carbons (Fsp3) is 0.320. The van der Waals surface area contributed by atoms with Crippen molar-refractivity contribution in [1.82, 2.24) is 15.2 Å². The summed E-state index contributed by atoms with van der Waals surface area (Å²) >= 11 is 1.54. The number of hydrogen-bond acceptors (Lipinski definition) is 8. The third-order valence-electron chi connectivity index (χ3n) is 5.66. The number of carbonyl (C=O) groups excluding carboxylic acids is 1. The van der Waals surface area contributed by atoms with Crippen LogP contribution in [0.3, 0.4) is 0 Å². The highest BCUT2D eigenvalue weighted by Crippen LogP contribution is 2.42. The van der Waals surface area contributed by atoms with E-state index in [1.54, 1.807) is 23.9 Å². The van der Waals surface area contributed by atoms with Crippen LogP contribution in [0, 0.1) is 5.92 Å². The van der Waals surface area contributed by atoms with Crippen molar-refractivity contribution in [1.29, 1.82) is 0 Å². The van der Waals surface area contributed by atoms with Crippen LogP contribution < -0.4 is 5.32 Å². The Bertz CT molecular complexity index is 1090. The molecule has 3 aromatic rings. The van der Waals surface area contributed by atoms with Gasteiger partial charge in [-0.1, -0.05) is 67.7 Å². The maximum atomic E-state index is 11.8. The Kier molecular flexibility index (Phi) is 8.54. The van der Waals surface area contributed by atoms with E-state index < -0.39 is 12.4 Å². The van der Waals surface area contributed by atoms with Crippen molar-refractivity contribution >= 4 is 23.5 Å². The minimum absolute atomic E-state index is 0.00887. The molecule has 0 unspecified atom stereocenters. The Morgan fingerprint density at radius 2 is 1.94 bits per heavy atom. The summed E-state index contributed by atoms with van der Waals surface area (Å²) < 4.78 is 17.8. The molecule has 9 nitrogen and oxygen atoms in total. The molecule has 0 radical (unpaired) electrons. The topological polar surface area (TPSA) is 119 Å². The first-order chi connectivity index (χ1) is 17.1. The van der Waals surface area contributed by atoms with E-state index >= 15 is 0 Å². The first-order valence-electron chi connectivity index (χ1n) is 11.2. The van der Waals surface area contributed by atoms with Gasteiger partial charge in [0.15, 0.2) is 11.4 Å². The van der Waals surface area contributed by atoms with E-state index in [-0.39, 0.29) is 31.3 Å². The molecule has 10 heteroatoms.